The Morgan fingerprint density at radius 2 is 1.83 bits per heavy atom. The van der Waals surface area contributed by atoms with Gasteiger partial charge in [0.05, 0.1) is 5.69 Å². The van der Waals surface area contributed by atoms with Crippen molar-refractivity contribution in [2.75, 3.05) is 23.3 Å². The molecule has 0 radical (unpaired) electrons. The fourth-order valence-electron chi connectivity index (χ4n) is 5.55. The first-order valence-electron chi connectivity index (χ1n) is 13.5. The number of nitrogens with one attached hydrogen (secondary N) is 2. The van der Waals surface area contributed by atoms with Gasteiger partial charge < -0.3 is 15.5 Å². The molecule has 36 heavy (non-hydrogen) atoms. The summed E-state index contributed by atoms with van der Waals surface area (Å²) in [5.41, 5.74) is 3.15. The van der Waals surface area contributed by atoms with Crippen LogP contribution < -0.4 is 15.5 Å². The summed E-state index contributed by atoms with van der Waals surface area (Å²) in [6.07, 6.45) is 13.7. The predicted octanol–water partition coefficient (Wildman–Crippen LogP) is 5.49. The van der Waals surface area contributed by atoms with E-state index in [2.05, 4.69) is 50.6 Å². The Balaban J connectivity index is 1.43. The van der Waals surface area contributed by atoms with Gasteiger partial charge in [-0.3, -0.25) is 9.78 Å². The standard InChI is InChI=1S/C29H38N6O/c1-19(2)32-29(36)21-10-13-35(14-11-21)28-24-9-12-30-18-22(24)15-26(34-28)25-16-27(31-17-20(25)3)33-23-7-5-4-6-8-23/h9,12,15-19,21,23H,4-8,10-11,13-14H2,1-3H3,(H,31,33)(H,32,36). The Morgan fingerprint density at radius 3 is 2.58 bits per heavy atom. The molecule has 0 unspecified atom stereocenters. The van der Waals surface area contributed by atoms with Crippen molar-refractivity contribution in [2.45, 2.75) is 77.8 Å². The Kier molecular flexibility index (Phi) is 7.35. The van der Waals surface area contributed by atoms with Crippen LogP contribution in [0.25, 0.3) is 22.0 Å². The lowest BCUT2D eigenvalue weighted by molar-refractivity contribution is -0.126. The molecule has 2 fully saturated rings. The van der Waals surface area contributed by atoms with E-state index in [1.807, 2.05) is 32.4 Å². The van der Waals surface area contributed by atoms with Crippen molar-refractivity contribution in [1.29, 1.82) is 0 Å². The first kappa shape index (κ1) is 24.5. The molecule has 3 aromatic rings. The number of carbonyl (C=O) groups is 1. The number of carbonyl (C=O) groups excluding carboxylic acids is 1. The first-order valence-corrected chi connectivity index (χ1v) is 13.5. The third-order valence-electron chi connectivity index (χ3n) is 7.54. The minimum atomic E-state index is 0.0654. The summed E-state index contributed by atoms with van der Waals surface area (Å²) in [7, 11) is 0. The highest BCUT2D eigenvalue weighted by Crippen LogP contribution is 2.34. The molecule has 190 valence electrons. The van der Waals surface area contributed by atoms with Crippen molar-refractivity contribution >= 4 is 28.3 Å². The van der Waals surface area contributed by atoms with Crippen LogP contribution in [0.3, 0.4) is 0 Å². The second kappa shape index (κ2) is 10.8. The molecule has 1 aliphatic carbocycles. The lowest BCUT2D eigenvalue weighted by atomic mass is 9.95. The maximum atomic E-state index is 12.5. The average molecular weight is 487 g/mol. The van der Waals surface area contributed by atoms with Crippen molar-refractivity contribution in [3.63, 3.8) is 0 Å². The summed E-state index contributed by atoms with van der Waals surface area (Å²) in [6.45, 7) is 7.75. The van der Waals surface area contributed by atoms with E-state index >= 15 is 0 Å². The van der Waals surface area contributed by atoms with Gasteiger partial charge in [-0.1, -0.05) is 19.3 Å². The number of anilines is 2. The number of pyridine rings is 3. The summed E-state index contributed by atoms with van der Waals surface area (Å²) in [6, 6.07) is 7.02. The van der Waals surface area contributed by atoms with Crippen molar-refractivity contribution < 1.29 is 4.79 Å². The molecule has 1 saturated carbocycles. The molecular formula is C29H38N6O. The molecule has 0 atom stereocenters. The number of fused-ring (bicyclic) bond motifs is 1. The van der Waals surface area contributed by atoms with Crippen molar-refractivity contribution in [2.24, 2.45) is 5.92 Å². The van der Waals surface area contributed by atoms with Crippen LogP contribution in [0.2, 0.25) is 0 Å². The zero-order valence-corrected chi connectivity index (χ0v) is 21.8. The maximum Gasteiger partial charge on any atom is 0.223 e. The fraction of sp³-hybridized carbons (Fsp3) is 0.517. The van der Waals surface area contributed by atoms with Crippen molar-refractivity contribution in [3.8, 4) is 11.3 Å². The minimum Gasteiger partial charge on any atom is -0.367 e. The Bertz CT molecular complexity index is 1210. The second-order valence-electron chi connectivity index (χ2n) is 10.7. The van der Waals surface area contributed by atoms with Gasteiger partial charge in [0.25, 0.3) is 0 Å². The molecule has 0 aromatic carbocycles. The van der Waals surface area contributed by atoms with Crippen molar-refractivity contribution in [3.05, 3.63) is 42.4 Å². The molecule has 5 rings (SSSR count). The first-order chi connectivity index (χ1) is 17.5. The summed E-state index contributed by atoms with van der Waals surface area (Å²) >= 11 is 0. The van der Waals surface area contributed by atoms with Crippen LogP contribution in [0.4, 0.5) is 11.6 Å². The molecule has 3 aromatic heterocycles. The number of rotatable bonds is 6. The smallest absolute Gasteiger partial charge is 0.223 e. The van der Waals surface area contributed by atoms with Gasteiger partial charge in [-0.2, -0.15) is 0 Å². The zero-order valence-electron chi connectivity index (χ0n) is 21.8. The zero-order chi connectivity index (χ0) is 25.1. The van der Waals surface area contributed by atoms with Crippen LogP contribution in [-0.4, -0.2) is 46.0 Å². The van der Waals surface area contributed by atoms with E-state index in [1.165, 1.54) is 32.1 Å². The molecule has 2 N–H and O–H groups in total. The third-order valence-corrected chi connectivity index (χ3v) is 7.54. The number of piperidine rings is 1. The number of nitrogens with zero attached hydrogens (tertiary/aromatic N) is 4. The Morgan fingerprint density at radius 1 is 1.06 bits per heavy atom. The number of hydrogen-bond acceptors (Lipinski definition) is 6. The number of aryl methyl sites for hydroxylation is 1. The van der Waals surface area contributed by atoms with Gasteiger partial charge in [-0.25, -0.2) is 9.97 Å². The second-order valence-corrected chi connectivity index (χ2v) is 10.7. The normalized spacial score (nSPS) is 17.5. The van der Waals surface area contributed by atoms with E-state index in [4.69, 9.17) is 4.98 Å². The van der Waals surface area contributed by atoms with Crippen LogP contribution >= 0.6 is 0 Å². The number of hydrogen-bond donors (Lipinski definition) is 2. The molecule has 0 bridgehead atoms. The Hall–Kier alpha value is -3.22. The largest absolute Gasteiger partial charge is 0.367 e. The predicted molar refractivity (Wildman–Crippen MR) is 146 cm³/mol. The van der Waals surface area contributed by atoms with Crippen LogP contribution in [0.15, 0.2) is 36.8 Å². The van der Waals surface area contributed by atoms with E-state index in [9.17, 15) is 4.79 Å². The molecule has 7 nitrogen and oxygen atoms in total. The van der Waals surface area contributed by atoms with Gasteiger partial charge in [-0.15, -0.1) is 0 Å². The van der Waals surface area contributed by atoms with E-state index in [0.717, 1.165) is 65.2 Å². The minimum absolute atomic E-state index is 0.0654. The van der Waals surface area contributed by atoms with E-state index < -0.39 is 0 Å². The van der Waals surface area contributed by atoms with Gasteiger partial charge in [0.15, 0.2) is 0 Å². The highest BCUT2D eigenvalue weighted by Gasteiger charge is 2.27. The molecule has 1 aliphatic heterocycles. The molecule has 0 spiro atoms. The summed E-state index contributed by atoms with van der Waals surface area (Å²) in [4.78, 5) is 29.2. The number of aromatic nitrogens is 3. The highest BCUT2D eigenvalue weighted by molar-refractivity contribution is 5.95. The fourth-order valence-corrected chi connectivity index (χ4v) is 5.55. The van der Waals surface area contributed by atoms with Crippen molar-refractivity contribution in [1.82, 2.24) is 20.3 Å². The lowest BCUT2D eigenvalue weighted by Gasteiger charge is -2.33. The summed E-state index contributed by atoms with van der Waals surface area (Å²) in [5, 5.41) is 8.92. The van der Waals surface area contributed by atoms with Gasteiger partial charge >= 0.3 is 0 Å². The molecule has 7 heteroatoms. The topological polar surface area (TPSA) is 83.0 Å². The van der Waals surface area contributed by atoms with Crippen LogP contribution in [-0.2, 0) is 4.79 Å². The van der Waals surface area contributed by atoms with Crippen LogP contribution in [0, 0.1) is 12.8 Å². The number of amides is 1. The van der Waals surface area contributed by atoms with Crippen LogP contribution in [0.5, 0.6) is 0 Å². The highest BCUT2D eigenvalue weighted by atomic mass is 16.1. The maximum absolute atomic E-state index is 12.5. The van der Waals surface area contributed by atoms with Gasteiger partial charge in [-0.05, 0) is 70.2 Å². The molecular weight excluding hydrogens is 448 g/mol. The molecule has 1 amide bonds. The monoisotopic (exact) mass is 486 g/mol. The van der Waals surface area contributed by atoms with Crippen LogP contribution in [0.1, 0.15) is 64.4 Å². The quantitative estimate of drug-likeness (QED) is 0.480. The van der Waals surface area contributed by atoms with E-state index in [1.54, 1.807) is 0 Å². The third kappa shape index (κ3) is 5.45. The molecule has 1 saturated heterocycles. The molecule has 4 heterocycles. The Labute approximate surface area is 214 Å². The summed E-state index contributed by atoms with van der Waals surface area (Å²) < 4.78 is 0. The van der Waals surface area contributed by atoms with Gasteiger partial charge in [0, 0.05) is 66.0 Å². The van der Waals surface area contributed by atoms with E-state index in [-0.39, 0.29) is 17.9 Å². The SMILES string of the molecule is Cc1cnc(NC2CCCCC2)cc1-c1cc2cnccc2c(N2CCC(C(=O)NC(C)C)CC2)n1. The molecule has 2 aliphatic rings. The lowest BCUT2D eigenvalue weighted by Crippen LogP contribution is -2.42. The van der Waals surface area contributed by atoms with E-state index in [0.29, 0.717) is 6.04 Å². The summed E-state index contributed by atoms with van der Waals surface area (Å²) in [5.74, 6) is 2.14. The van der Waals surface area contributed by atoms with Gasteiger partial charge in [0.2, 0.25) is 5.91 Å². The van der Waals surface area contributed by atoms with Gasteiger partial charge in [0.1, 0.15) is 11.6 Å². The average Bonchev–Trinajstić information content (AvgIpc) is 2.89.